The standard InChI is InChI=1S/C21H19FN6O4/c1-31-14-7-8-17(32-2)16(9-14)24-18(29)11-27-12-23-20-19(21(27)30)25-26-28(20)10-13-5-3-4-6-15(13)22/h3-9,12H,10-11H2,1-2H3,(H,24,29). The maximum absolute atomic E-state index is 13.9. The number of carbonyl (C=O) groups excluding carboxylic acids is 1. The number of hydrogen-bond donors (Lipinski definition) is 1. The molecule has 10 nitrogen and oxygen atoms in total. The van der Waals surface area contributed by atoms with E-state index in [-0.39, 0.29) is 24.3 Å². The Morgan fingerprint density at radius 1 is 1.16 bits per heavy atom. The summed E-state index contributed by atoms with van der Waals surface area (Å²) in [5.74, 6) is 0.108. The minimum absolute atomic E-state index is 0.0180. The largest absolute Gasteiger partial charge is 0.497 e. The van der Waals surface area contributed by atoms with E-state index in [2.05, 4.69) is 20.6 Å². The molecule has 0 unspecified atom stereocenters. The highest BCUT2D eigenvalue weighted by Gasteiger charge is 2.16. The van der Waals surface area contributed by atoms with Gasteiger partial charge in [-0.25, -0.2) is 14.1 Å². The Balaban J connectivity index is 1.56. The maximum Gasteiger partial charge on any atom is 0.283 e. The lowest BCUT2D eigenvalue weighted by molar-refractivity contribution is -0.116. The van der Waals surface area contributed by atoms with Crippen LogP contribution in [0.5, 0.6) is 11.5 Å². The van der Waals surface area contributed by atoms with Crippen LogP contribution in [0.2, 0.25) is 0 Å². The van der Waals surface area contributed by atoms with Crippen LogP contribution in [-0.2, 0) is 17.9 Å². The lowest BCUT2D eigenvalue weighted by Crippen LogP contribution is -2.28. The lowest BCUT2D eigenvalue weighted by Gasteiger charge is -2.12. The molecule has 1 amide bonds. The van der Waals surface area contributed by atoms with Gasteiger partial charge in [0, 0.05) is 11.6 Å². The van der Waals surface area contributed by atoms with Crippen LogP contribution in [0.4, 0.5) is 10.1 Å². The van der Waals surface area contributed by atoms with E-state index in [1.807, 2.05) is 0 Å². The SMILES string of the molecule is COc1ccc(OC)c(NC(=O)Cn2cnc3c(nnn3Cc3ccccc3F)c2=O)c1. The fraction of sp³-hybridized carbons (Fsp3) is 0.190. The van der Waals surface area contributed by atoms with E-state index in [0.717, 1.165) is 4.57 Å². The summed E-state index contributed by atoms with van der Waals surface area (Å²) in [6.07, 6.45) is 1.23. The van der Waals surface area contributed by atoms with Crippen LogP contribution >= 0.6 is 0 Å². The number of fused-ring (bicyclic) bond motifs is 1. The van der Waals surface area contributed by atoms with Gasteiger partial charge in [0.25, 0.3) is 5.56 Å². The monoisotopic (exact) mass is 438 g/mol. The van der Waals surface area contributed by atoms with Crippen LogP contribution in [0.3, 0.4) is 0 Å². The Labute approximate surface area is 181 Å². The van der Waals surface area contributed by atoms with Gasteiger partial charge in [0.2, 0.25) is 5.91 Å². The zero-order chi connectivity index (χ0) is 22.7. The molecule has 0 spiro atoms. The topological polar surface area (TPSA) is 113 Å². The van der Waals surface area contributed by atoms with Crippen LogP contribution in [0.1, 0.15) is 5.56 Å². The number of nitrogens with one attached hydrogen (secondary N) is 1. The second kappa shape index (κ2) is 8.84. The molecular weight excluding hydrogens is 419 g/mol. The average Bonchev–Trinajstić information content (AvgIpc) is 3.20. The number of anilines is 1. The van der Waals surface area contributed by atoms with E-state index >= 15 is 0 Å². The first-order chi connectivity index (χ1) is 15.5. The van der Waals surface area contributed by atoms with Gasteiger partial charge in [-0.2, -0.15) is 0 Å². The summed E-state index contributed by atoms with van der Waals surface area (Å²) >= 11 is 0. The molecule has 32 heavy (non-hydrogen) atoms. The predicted molar refractivity (Wildman–Crippen MR) is 113 cm³/mol. The van der Waals surface area contributed by atoms with E-state index in [9.17, 15) is 14.0 Å². The molecule has 0 atom stereocenters. The third-order valence-corrected chi connectivity index (χ3v) is 4.76. The Bertz CT molecular complexity index is 1350. The van der Waals surface area contributed by atoms with Crippen molar-refractivity contribution in [3.8, 4) is 11.5 Å². The fourth-order valence-electron chi connectivity index (χ4n) is 3.15. The van der Waals surface area contributed by atoms with Crippen LogP contribution < -0.4 is 20.3 Å². The number of halogens is 1. The first kappa shape index (κ1) is 21.0. The van der Waals surface area contributed by atoms with Crippen LogP contribution in [0.15, 0.2) is 53.6 Å². The second-order valence-corrected chi connectivity index (χ2v) is 6.80. The van der Waals surface area contributed by atoms with Crippen molar-refractivity contribution in [3.63, 3.8) is 0 Å². The highest BCUT2D eigenvalue weighted by molar-refractivity contribution is 5.92. The minimum Gasteiger partial charge on any atom is -0.497 e. The Morgan fingerprint density at radius 2 is 1.97 bits per heavy atom. The number of nitrogens with zero attached hydrogens (tertiary/aromatic N) is 5. The summed E-state index contributed by atoms with van der Waals surface area (Å²) in [6.45, 7) is -0.238. The van der Waals surface area contributed by atoms with Crippen molar-refractivity contribution in [1.82, 2.24) is 24.5 Å². The highest BCUT2D eigenvalue weighted by Crippen LogP contribution is 2.28. The molecule has 0 saturated heterocycles. The van der Waals surface area contributed by atoms with E-state index in [0.29, 0.717) is 22.7 Å². The van der Waals surface area contributed by atoms with Crippen molar-refractivity contribution < 1.29 is 18.7 Å². The van der Waals surface area contributed by atoms with Gasteiger partial charge >= 0.3 is 0 Å². The smallest absolute Gasteiger partial charge is 0.283 e. The van der Waals surface area contributed by atoms with Crippen molar-refractivity contribution in [2.45, 2.75) is 13.1 Å². The fourth-order valence-corrected chi connectivity index (χ4v) is 3.15. The van der Waals surface area contributed by atoms with Gasteiger partial charge in [-0.3, -0.25) is 14.2 Å². The van der Waals surface area contributed by atoms with Gasteiger partial charge < -0.3 is 14.8 Å². The number of aromatic nitrogens is 5. The van der Waals surface area contributed by atoms with Gasteiger partial charge in [0.05, 0.1) is 26.5 Å². The Morgan fingerprint density at radius 3 is 2.72 bits per heavy atom. The molecule has 0 aliphatic heterocycles. The normalized spacial score (nSPS) is 10.8. The van der Waals surface area contributed by atoms with Crippen LogP contribution in [0, 0.1) is 5.82 Å². The number of hydrogen-bond acceptors (Lipinski definition) is 7. The number of ether oxygens (including phenoxy) is 2. The van der Waals surface area contributed by atoms with Gasteiger partial charge in [-0.1, -0.05) is 23.4 Å². The molecule has 0 bridgehead atoms. The highest BCUT2D eigenvalue weighted by atomic mass is 19.1. The number of carbonyl (C=O) groups is 1. The molecule has 0 saturated carbocycles. The molecule has 164 valence electrons. The summed E-state index contributed by atoms with van der Waals surface area (Å²) in [5, 5.41) is 10.5. The first-order valence-electron chi connectivity index (χ1n) is 9.54. The molecular formula is C21H19FN6O4. The van der Waals surface area contributed by atoms with Crippen LogP contribution in [-0.4, -0.2) is 44.7 Å². The quantitative estimate of drug-likeness (QED) is 0.468. The third-order valence-electron chi connectivity index (χ3n) is 4.76. The zero-order valence-corrected chi connectivity index (χ0v) is 17.3. The summed E-state index contributed by atoms with van der Waals surface area (Å²) in [6, 6.07) is 11.2. The average molecular weight is 438 g/mol. The van der Waals surface area contributed by atoms with Crippen molar-refractivity contribution in [3.05, 3.63) is 70.5 Å². The second-order valence-electron chi connectivity index (χ2n) is 6.80. The molecule has 2 aromatic heterocycles. The predicted octanol–water partition coefficient (Wildman–Crippen LogP) is 1.83. The lowest BCUT2D eigenvalue weighted by atomic mass is 10.2. The maximum atomic E-state index is 13.9. The molecule has 2 heterocycles. The van der Waals surface area contributed by atoms with Crippen molar-refractivity contribution >= 4 is 22.8 Å². The summed E-state index contributed by atoms with van der Waals surface area (Å²) in [4.78, 5) is 29.5. The Hall–Kier alpha value is -4.28. The summed E-state index contributed by atoms with van der Waals surface area (Å²) < 4.78 is 26.8. The summed E-state index contributed by atoms with van der Waals surface area (Å²) in [5.41, 5.74) is 0.425. The number of rotatable bonds is 7. The minimum atomic E-state index is -0.539. The van der Waals surface area contributed by atoms with E-state index in [1.54, 1.807) is 36.4 Å². The Kier molecular flexibility index (Phi) is 5.79. The molecule has 0 aliphatic carbocycles. The molecule has 0 aliphatic rings. The number of methoxy groups -OCH3 is 2. The molecule has 1 N–H and O–H groups in total. The molecule has 0 fully saturated rings. The molecule has 4 aromatic rings. The van der Waals surface area contributed by atoms with Crippen molar-refractivity contribution in [2.75, 3.05) is 19.5 Å². The number of amides is 1. The molecule has 11 heteroatoms. The molecule has 4 rings (SSSR count). The van der Waals surface area contributed by atoms with Crippen molar-refractivity contribution in [2.24, 2.45) is 0 Å². The molecule has 2 aromatic carbocycles. The third kappa shape index (κ3) is 4.13. The van der Waals surface area contributed by atoms with Crippen LogP contribution in [0.25, 0.3) is 11.2 Å². The number of benzene rings is 2. The van der Waals surface area contributed by atoms with E-state index in [1.165, 1.54) is 31.3 Å². The van der Waals surface area contributed by atoms with Crippen molar-refractivity contribution in [1.29, 1.82) is 0 Å². The first-order valence-corrected chi connectivity index (χ1v) is 9.54. The van der Waals surface area contributed by atoms with E-state index in [4.69, 9.17) is 9.47 Å². The van der Waals surface area contributed by atoms with E-state index < -0.39 is 17.3 Å². The van der Waals surface area contributed by atoms with Gasteiger partial charge in [0.15, 0.2) is 11.2 Å². The van der Waals surface area contributed by atoms with Gasteiger partial charge in [-0.05, 0) is 18.2 Å². The van der Waals surface area contributed by atoms with Gasteiger partial charge in [-0.15, -0.1) is 5.10 Å². The molecule has 0 radical (unpaired) electrons. The summed E-state index contributed by atoms with van der Waals surface area (Å²) in [7, 11) is 2.98. The van der Waals surface area contributed by atoms with Gasteiger partial charge in [0.1, 0.15) is 30.2 Å². The zero-order valence-electron chi connectivity index (χ0n) is 17.3.